The number of carbonyl (C=O) groups is 1. The fourth-order valence-electron chi connectivity index (χ4n) is 0.979. The maximum Gasteiger partial charge on any atom is 0.574 e. The van der Waals surface area contributed by atoms with Gasteiger partial charge in [0.2, 0.25) is 5.88 Å². The highest BCUT2D eigenvalue weighted by Gasteiger charge is 2.33. The average Bonchev–Trinajstić information content (AvgIpc) is 2.07. The van der Waals surface area contributed by atoms with Crippen molar-refractivity contribution in [1.29, 1.82) is 0 Å². The van der Waals surface area contributed by atoms with Crippen LogP contribution in [0.15, 0.2) is 6.20 Å². The van der Waals surface area contributed by atoms with Crippen LogP contribution >= 0.6 is 34.2 Å². The van der Waals surface area contributed by atoms with Crippen LogP contribution in [0.2, 0.25) is 0 Å². The third kappa shape index (κ3) is 3.21. The highest BCUT2D eigenvalue weighted by Crippen LogP contribution is 2.29. The average molecular weight is 365 g/mol. The monoisotopic (exact) mass is 365 g/mol. The van der Waals surface area contributed by atoms with Crippen LogP contribution in [0.25, 0.3) is 0 Å². The molecule has 0 bridgehead atoms. The van der Waals surface area contributed by atoms with Gasteiger partial charge in [0, 0.05) is 6.20 Å². The van der Waals surface area contributed by atoms with Gasteiger partial charge in [-0.1, -0.05) is 0 Å². The normalized spacial score (nSPS) is 11.4. The molecular formula is C8H4ClF3INO2. The molecule has 88 valence electrons. The van der Waals surface area contributed by atoms with Crippen molar-refractivity contribution < 1.29 is 22.7 Å². The number of halogens is 5. The SMILES string of the molecule is Cc1cnc(OC(F)(F)F)c(I)c1C(=O)Cl. The number of alkyl halides is 3. The molecule has 1 aromatic heterocycles. The Morgan fingerprint density at radius 3 is 2.56 bits per heavy atom. The number of aryl methyl sites for hydroxylation is 1. The highest BCUT2D eigenvalue weighted by atomic mass is 127. The molecule has 0 fully saturated rings. The summed E-state index contributed by atoms with van der Waals surface area (Å²) >= 11 is 6.78. The fourth-order valence-corrected chi connectivity index (χ4v) is 2.30. The first-order chi connectivity index (χ1) is 7.22. The van der Waals surface area contributed by atoms with Crippen LogP contribution in [0.4, 0.5) is 13.2 Å². The van der Waals surface area contributed by atoms with Gasteiger partial charge in [-0.05, 0) is 46.7 Å². The van der Waals surface area contributed by atoms with Crippen LogP contribution in [0, 0.1) is 10.5 Å². The second-order valence-corrected chi connectivity index (χ2v) is 4.18. The molecular weight excluding hydrogens is 361 g/mol. The molecule has 0 aliphatic carbocycles. The predicted molar refractivity (Wildman–Crippen MR) is 58.6 cm³/mol. The second kappa shape index (κ2) is 4.74. The fraction of sp³-hybridized carbons (Fsp3) is 0.250. The van der Waals surface area contributed by atoms with Crippen molar-refractivity contribution in [1.82, 2.24) is 4.98 Å². The number of pyridine rings is 1. The quantitative estimate of drug-likeness (QED) is 0.596. The van der Waals surface area contributed by atoms with Crippen molar-refractivity contribution in [2.24, 2.45) is 0 Å². The van der Waals surface area contributed by atoms with E-state index in [-0.39, 0.29) is 9.13 Å². The van der Waals surface area contributed by atoms with Gasteiger partial charge in [-0.2, -0.15) is 0 Å². The molecule has 0 amide bonds. The van der Waals surface area contributed by atoms with Gasteiger partial charge < -0.3 is 4.74 Å². The van der Waals surface area contributed by atoms with Crippen LogP contribution in [0.5, 0.6) is 5.88 Å². The topological polar surface area (TPSA) is 39.2 Å². The van der Waals surface area contributed by atoms with E-state index < -0.39 is 17.5 Å². The lowest BCUT2D eigenvalue weighted by Crippen LogP contribution is -2.19. The summed E-state index contributed by atoms with van der Waals surface area (Å²) in [7, 11) is 0. The maximum absolute atomic E-state index is 12.0. The molecule has 0 saturated carbocycles. The molecule has 1 aromatic rings. The number of carbonyl (C=O) groups excluding carboxylic acids is 1. The lowest BCUT2D eigenvalue weighted by molar-refractivity contribution is -0.276. The van der Waals surface area contributed by atoms with Crippen LogP contribution in [0.3, 0.4) is 0 Å². The molecule has 16 heavy (non-hydrogen) atoms. The minimum absolute atomic E-state index is 0.0310. The first-order valence-electron chi connectivity index (χ1n) is 3.83. The van der Waals surface area contributed by atoms with Crippen LogP contribution < -0.4 is 4.74 Å². The Bertz CT molecular complexity index is 436. The van der Waals surface area contributed by atoms with Gasteiger partial charge in [-0.15, -0.1) is 13.2 Å². The first-order valence-corrected chi connectivity index (χ1v) is 5.28. The summed E-state index contributed by atoms with van der Waals surface area (Å²) in [5.74, 6) is -0.678. The van der Waals surface area contributed by atoms with Crippen LogP contribution in [-0.2, 0) is 0 Å². The van der Waals surface area contributed by atoms with E-state index in [9.17, 15) is 18.0 Å². The van der Waals surface area contributed by atoms with E-state index in [0.717, 1.165) is 6.20 Å². The number of ether oxygens (including phenoxy) is 1. The standard InChI is InChI=1S/C8H4ClF3INO2/c1-3-2-14-7(16-8(10,11)12)5(13)4(3)6(9)15/h2H,1H3. The largest absolute Gasteiger partial charge is 0.574 e. The zero-order valence-electron chi connectivity index (χ0n) is 7.73. The van der Waals surface area contributed by atoms with Gasteiger partial charge in [-0.3, -0.25) is 4.79 Å². The van der Waals surface area contributed by atoms with Crippen molar-refractivity contribution in [2.75, 3.05) is 0 Å². The van der Waals surface area contributed by atoms with E-state index in [0.29, 0.717) is 5.56 Å². The smallest absolute Gasteiger partial charge is 0.387 e. The van der Waals surface area contributed by atoms with Crippen LogP contribution in [0.1, 0.15) is 15.9 Å². The van der Waals surface area contributed by atoms with Gasteiger partial charge in [0.25, 0.3) is 5.24 Å². The van der Waals surface area contributed by atoms with E-state index in [1.165, 1.54) is 29.5 Å². The van der Waals surface area contributed by atoms with Gasteiger partial charge in [-0.25, -0.2) is 4.98 Å². The molecule has 0 spiro atoms. The highest BCUT2D eigenvalue weighted by molar-refractivity contribution is 14.1. The van der Waals surface area contributed by atoms with Gasteiger partial charge >= 0.3 is 6.36 Å². The predicted octanol–water partition coefficient (Wildman–Crippen LogP) is 3.27. The molecule has 0 N–H and O–H groups in total. The Morgan fingerprint density at radius 2 is 2.12 bits per heavy atom. The molecule has 0 aliphatic rings. The molecule has 1 heterocycles. The number of hydrogen-bond donors (Lipinski definition) is 0. The third-order valence-corrected chi connectivity index (χ3v) is 2.78. The zero-order chi connectivity index (χ0) is 12.5. The molecule has 0 radical (unpaired) electrons. The number of aromatic nitrogens is 1. The van der Waals surface area contributed by atoms with E-state index >= 15 is 0 Å². The number of hydrogen-bond acceptors (Lipinski definition) is 3. The van der Waals surface area contributed by atoms with Crippen molar-refractivity contribution >= 4 is 39.4 Å². The maximum atomic E-state index is 12.0. The molecule has 0 atom stereocenters. The van der Waals surface area contributed by atoms with E-state index in [1.807, 2.05) is 0 Å². The van der Waals surface area contributed by atoms with Gasteiger partial charge in [0.05, 0.1) is 9.13 Å². The third-order valence-electron chi connectivity index (χ3n) is 1.59. The molecule has 1 rings (SSSR count). The molecule has 0 saturated heterocycles. The Morgan fingerprint density at radius 1 is 1.56 bits per heavy atom. The van der Waals surface area contributed by atoms with Gasteiger partial charge in [0.1, 0.15) is 0 Å². The Labute approximate surface area is 107 Å². The summed E-state index contributed by atoms with van der Waals surface area (Å²) in [6.07, 6.45) is -3.76. The number of nitrogens with zero attached hydrogens (tertiary/aromatic N) is 1. The first kappa shape index (κ1) is 13.5. The summed E-state index contributed by atoms with van der Waals surface area (Å²) in [6, 6.07) is 0. The second-order valence-electron chi connectivity index (χ2n) is 2.76. The molecule has 0 aromatic carbocycles. The lowest BCUT2D eigenvalue weighted by atomic mass is 10.2. The van der Waals surface area contributed by atoms with E-state index in [2.05, 4.69) is 9.72 Å². The summed E-state index contributed by atoms with van der Waals surface area (Å²) < 4.78 is 39.5. The molecule has 3 nitrogen and oxygen atoms in total. The summed E-state index contributed by atoms with van der Waals surface area (Å²) in [5, 5.41) is -0.851. The van der Waals surface area contributed by atoms with Crippen molar-refractivity contribution in [3.8, 4) is 5.88 Å². The summed E-state index contributed by atoms with van der Waals surface area (Å²) in [4.78, 5) is 14.4. The van der Waals surface area contributed by atoms with E-state index in [1.54, 1.807) is 0 Å². The molecule has 0 unspecified atom stereocenters. The van der Waals surface area contributed by atoms with Gasteiger partial charge in [0.15, 0.2) is 0 Å². The molecule has 8 heteroatoms. The molecule has 0 aliphatic heterocycles. The van der Waals surface area contributed by atoms with Crippen LogP contribution in [-0.4, -0.2) is 16.6 Å². The number of rotatable bonds is 2. The zero-order valence-corrected chi connectivity index (χ0v) is 10.6. The summed E-state index contributed by atoms with van der Waals surface area (Å²) in [5.41, 5.74) is 0.357. The Balaban J connectivity index is 3.24. The Kier molecular flexibility index (Phi) is 4.00. The summed E-state index contributed by atoms with van der Waals surface area (Å²) in [6.45, 7) is 1.52. The van der Waals surface area contributed by atoms with Crippen molar-refractivity contribution in [3.63, 3.8) is 0 Å². The lowest BCUT2D eigenvalue weighted by Gasteiger charge is -2.11. The van der Waals surface area contributed by atoms with Crippen molar-refractivity contribution in [2.45, 2.75) is 13.3 Å². The Hall–Kier alpha value is -0.570. The van der Waals surface area contributed by atoms with Crippen molar-refractivity contribution in [3.05, 3.63) is 20.9 Å². The minimum Gasteiger partial charge on any atom is -0.387 e. The van der Waals surface area contributed by atoms with E-state index in [4.69, 9.17) is 11.6 Å². The minimum atomic E-state index is -4.85.